The maximum atomic E-state index is 14.4. The number of halogens is 2. The van der Waals surface area contributed by atoms with Gasteiger partial charge in [0.25, 0.3) is 11.6 Å². The van der Waals surface area contributed by atoms with Crippen LogP contribution in [-0.2, 0) is 10.0 Å². The molecule has 0 unspecified atom stereocenters. The number of nitrogens with zero attached hydrogens (tertiary/aromatic N) is 3. The first-order chi connectivity index (χ1) is 21.4. The summed E-state index contributed by atoms with van der Waals surface area (Å²) in [7, 11) is -1.11. The number of carbonyl (C=O) groups excluding carboxylic acids is 1. The minimum Gasteiger partial charge on any atom is -0.455 e. The van der Waals surface area contributed by atoms with Crippen molar-refractivity contribution < 1.29 is 35.8 Å². The number of sulfonamides is 1. The van der Waals surface area contributed by atoms with Gasteiger partial charge < -0.3 is 14.2 Å². The number of para-hydroxylation sites is 1. The van der Waals surface area contributed by atoms with Crippen molar-refractivity contribution in [3.8, 4) is 33.9 Å². The maximum Gasteiger partial charge on any atom is 0.282 e. The molecule has 2 heterocycles. The molecule has 0 bridgehead atoms. The average Bonchev–Trinajstić information content (AvgIpc) is 3.62. The number of nitro benzene ring substituents is 1. The first-order valence-electron chi connectivity index (χ1n) is 13.2. The third kappa shape index (κ3) is 5.14. The summed E-state index contributed by atoms with van der Waals surface area (Å²) >= 11 is 0. The second kappa shape index (κ2) is 10.8. The van der Waals surface area contributed by atoms with Crippen molar-refractivity contribution in [2.45, 2.75) is 0 Å². The fourth-order valence-corrected chi connectivity index (χ4v) is 5.53. The number of nitro groups is 1. The molecule has 1 N–H and O–H groups in total. The number of hydrogen-bond donors (Lipinski definition) is 1. The lowest BCUT2D eigenvalue weighted by Gasteiger charge is -2.21. The van der Waals surface area contributed by atoms with E-state index in [1.54, 1.807) is 0 Å². The molecule has 11 nitrogen and oxygen atoms in total. The molecular weight excluding hydrogens is 610 g/mol. The molecule has 14 heteroatoms. The van der Waals surface area contributed by atoms with E-state index < -0.39 is 38.2 Å². The van der Waals surface area contributed by atoms with Gasteiger partial charge in [0.1, 0.15) is 28.2 Å². The number of oxazole rings is 1. The second-order valence-electron chi connectivity index (χ2n) is 10.1. The summed E-state index contributed by atoms with van der Waals surface area (Å²) < 4.78 is 66.4. The first-order valence-corrected chi connectivity index (χ1v) is 15.1. The van der Waals surface area contributed by atoms with Gasteiger partial charge in [0.15, 0.2) is 11.4 Å². The zero-order valence-corrected chi connectivity index (χ0v) is 24.6. The molecule has 45 heavy (non-hydrogen) atoms. The van der Waals surface area contributed by atoms with E-state index >= 15 is 0 Å². The van der Waals surface area contributed by atoms with Crippen molar-refractivity contribution >= 4 is 49.4 Å². The Hall–Kier alpha value is -5.63. The number of furan rings is 1. The predicted octanol–water partition coefficient (Wildman–Crippen LogP) is 6.52. The number of aromatic nitrogens is 1. The summed E-state index contributed by atoms with van der Waals surface area (Å²) in [6.45, 7) is 0. The van der Waals surface area contributed by atoms with Crippen molar-refractivity contribution in [2.24, 2.45) is 0 Å². The van der Waals surface area contributed by atoms with Crippen molar-refractivity contribution in [2.75, 3.05) is 24.7 Å². The smallest absolute Gasteiger partial charge is 0.282 e. The minimum atomic E-state index is -3.85. The summed E-state index contributed by atoms with van der Waals surface area (Å²) in [6, 6.07) is 16.3. The highest BCUT2D eigenvalue weighted by molar-refractivity contribution is 7.92. The van der Waals surface area contributed by atoms with E-state index in [9.17, 15) is 32.1 Å². The van der Waals surface area contributed by atoms with Gasteiger partial charge in [0.05, 0.1) is 22.4 Å². The molecule has 0 aliphatic rings. The molecule has 0 fully saturated rings. The monoisotopic (exact) mass is 632 g/mol. The van der Waals surface area contributed by atoms with Crippen molar-refractivity contribution in [3.63, 3.8) is 0 Å². The average molecular weight is 633 g/mol. The van der Waals surface area contributed by atoms with Crippen LogP contribution < -0.4 is 9.62 Å². The van der Waals surface area contributed by atoms with Crippen LogP contribution in [0.25, 0.3) is 56.0 Å². The largest absolute Gasteiger partial charge is 0.455 e. The SMILES string of the molecule is CNC(=O)c1c(-c2ccc(F)cc2)oc2cc(N(C)S(C)(=O)=O)c(-c3ccc([N+](=O)[O-])c(-c4nc5c(F)cccc5o4)c3)cc12. The van der Waals surface area contributed by atoms with Gasteiger partial charge in [-0.05, 0) is 60.2 Å². The standard InChI is InChI=1S/C31H22F2N4O7S/c1-34-30(38)27-21-14-19(24(36(2)45(3,41)42)15-26(21)43-29(27)16-7-10-18(32)11-8-16)17-9-12-23(37(39)40)20(13-17)31-35-28-22(33)5-4-6-25(28)44-31/h4-15H,1-3H3,(H,34,38). The zero-order valence-electron chi connectivity index (χ0n) is 23.8. The molecule has 0 saturated carbocycles. The Kier molecular flexibility index (Phi) is 7.08. The Morgan fingerprint density at radius 3 is 2.31 bits per heavy atom. The number of benzene rings is 4. The Morgan fingerprint density at radius 1 is 0.956 bits per heavy atom. The van der Waals surface area contributed by atoms with Gasteiger partial charge in [-0.3, -0.25) is 19.2 Å². The van der Waals surface area contributed by atoms with Crippen molar-refractivity contribution in [1.29, 1.82) is 0 Å². The van der Waals surface area contributed by atoms with Crippen LogP contribution >= 0.6 is 0 Å². The van der Waals surface area contributed by atoms with Crippen molar-refractivity contribution in [1.82, 2.24) is 10.3 Å². The third-order valence-corrected chi connectivity index (χ3v) is 8.50. The fraction of sp³-hybridized carbons (Fsp3) is 0.0968. The number of hydrogen-bond acceptors (Lipinski definition) is 8. The zero-order chi connectivity index (χ0) is 32.2. The number of carbonyl (C=O) groups is 1. The normalized spacial score (nSPS) is 11.7. The predicted molar refractivity (Wildman–Crippen MR) is 163 cm³/mol. The molecule has 0 radical (unpaired) electrons. The molecule has 1 amide bonds. The summed E-state index contributed by atoms with van der Waals surface area (Å²) in [5, 5.41) is 14.9. The van der Waals surface area contributed by atoms with Crippen LogP contribution in [0, 0.1) is 21.7 Å². The van der Waals surface area contributed by atoms with E-state index in [0.29, 0.717) is 5.56 Å². The maximum absolute atomic E-state index is 14.4. The van der Waals surface area contributed by atoms with Crippen LogP contribution in [0.1, 0.15) is 10.4 Å². The molecule has 6 rings (SSSR count). The molecule has 0 aliphatic carbocycles. The summed E-state index contributed by atoms with van der Waals surface area (Å²) in [5.41, 5.74) is 0.791. The molecule has 4 aromatic carbocycles. The van der Waals surface area contributed by atoms with E-state index in [4.69, 9.17) is 8.83 Å². The summed E-state index contributed by atoms with van der Waals surface area (Å²) in [4.78, 5) is 28.7. The van der Waals surface area contributed by atoms with Crippen LogP contribution in [0.4, 0.5) is 20.2 Å². The lowest BCUT2D eigenvalue weighted by Crippen LogP contribution is -2.25. The van der Waals surface area contributed by atoms with Crippen LogP contribution in [0.15, 0.2) is 81.6 Å². The highest BCUT2D eigenvalue weighted by atomic mass is 32.2. The topological polar surface area (TPSA) is 149 Å². The Labute approximate surface area is 253 Å². The minimum absolute atomic E-state index is 0.0746. The molecule has 2 aromatic heterocycles. The van der Waals surface area contributed by atoms with E-state index in [0.717, 1.165) is 10.6 Å². The summed E-state index contributed by atoms with van der Waals surface area (Å²) in [5.74, 6) is -1.81. The van der Waals surface area contributed by atoms with Crippen LogP contribution in [0.3, 0.4) is 0 Å². The summed E-state index contributed by atoms with van der Waals surface area (Å²) in [6.07, 6.45) is 0.997. The van der Waals surface area contributed by atoms with Crippen LogP contribution in [0.5, 0.6) is 0 Å². The molecular formula is C31H22F2N4O7S. The molecule has 0 atom stereocenters. The van der Waals surface area contributed by atoms with E-state index in [-0.39, 0.29) is 61.7 Å². The van der Waals surface area contributed by atoms with Gasteiger partial charge in [-0.25, -0.2) is 22.2 Å². The molecule has 6 aromatic rings. The van der Waals surface area contributed by atoms with E-state index in [1.165, 1.54) is 86.9 Å². The highest BCUT2D eigenvalue weighted by Gasteiger charge is 2.28. The fourth-order valence-electron chi connectivity index (χ4n) is 5.02. The van der Waals surface area contributed by atoms with Crippen LogP contribution in [0.2, 0.25) is 0 Å². The van der Waals surface area contributed by atoms with Gasteiger partial charge >= 0.3 is 0 Å². The first kappa shape index (κ1) is 29.4. The molecule has 228 valence electrons. The van der Waals surface area contributed by atoms with Gasteiger partial charge in [-0.2, -0.15) is 0 Å². The quantitative estimate of drug-likeness (QED) is 0.155. The van der Waals surface area contributed by atoms with E-state index in [1.807, 2.05) is 0 Å². The number of rotatable bonds is 7. The highest BCUT2D eigenvalue weighted by Crippen LogP contribution is 2.43. The van der Waals surface area contributed by atoms with Crippen LogP contribution in [-0.4, -0.2) is 44.6 Å². The third-order valence-electron chi connectivity index (χ3n) is 7.31. The Morgan fingerprint density at radius 2 is 1.67 bits per heavy atom. The number of anilines is 1. The molecule has 0 spiro atoms. The van der Waals surface area contributed by atoms with Gasteiger partial charge in [-0.15, -0.1) is 0 Å². The lowest BCUT2D eigenvalue weighted by molar-refractivity contribution is -0.384. The van der Waals surface area contributed by atoms with Gasteiger partial charge in [0, 0.05) is 42.7 Å². The second-order valence-corrected chi connectivity index (χ2v) is 12.1. The molecule has 0 saturated heterocycles. The van der Waals surface area contributed by atoms with Crippen molar-refractivity contribution in [3.05, 3.63) is 100 Å². The Balaban J connectivity index is 1.66. The van der Waals surface area contributed by atoms with Gasteiger partial charge in [0.2, 0.25) is 15.9 Å². The van der Waals surface area contributed by atoms with E-state index in [2.05, 4.69) is 10.3 Å². The number of amides is 1. The Bertz CT molecular complexity index is 2280. The number of fused-ring (bicyclic) bond motifs is 2. The van der Waals surface area contributed by atoms with Gasteiger partial charge in [-0.1, -0.05) is 6.07 Å². The number of nitrogens with one attached hydrogen (secondary N) is 1. The molecule has 0 aliphatic heterocycles. The lowest BCUT2D eigenvalue weighted by atomic mass is 9.96.